The summed E-state index contributed by atoms with van der Waals surface area (Å²) in [5, 5.41) is 14.7. The molecule has 0 fully saturated rings. The van der Waals surface area contributed by atoms with E-state index < -0.39 is 30.1 Å². The van der Waals surface area contributed by atoms with Crippen LogP contribution in [-0.4, -0.2) is 41.8 Å². The molecule has 0 radical (unpaired) electrons. The van der Waals surface area contributed by atoms with Crippen molar-refractivity contribution in [3.05, 3.63) is 59.7 Å². The molecule has 1 aliphatic rings. The standard InChI is InChI=1S/C27H34N2O5/c1-4-9-18(15-25(30)29-24(26(31)32)14-17(2)3)28-27(33)34-16-23-21-12-7-5-10-19(21)20-11-6-8-13-22(20)23/h5-8,10-13,17-18,23-24H,4,9,14-16H2,1-3H3,(H,28,33)(H,29,30)(H,31,32)/t18-,24?/m0/s1. The van der Waals surface area contributed by atoms with Crippen molar-refractivity contribution in [1.29, 1.82) is 0 Å². The van der Waals surface area contributed by atoms with E-state index in [0.717, 1.165) is 28.7 Å². The minimum absolute atomic E-state index is 0.0000887. The van der Waals surface area contributed by atoms with Gasteiger partial charge in [-0.2, -0.15) is 0 Å². The number of carboxylic acids is 1. The lowest BCUT2D eigenvalue weighted by atomic mass is 9.98. The van der Waals surface area contributed by atoms with Gasteiger partial charge in [0.2, 0.25) is 5.91 Å². The van der Waals surface area contributed by atoms with Crippen molar-refractivity contribution in [1.82, 2.24) is 10.6 Å². The van der Waals surface area contributed by atoms with Crippen LogP contribution < -0.4 is 10.6 Å². The molecule has 0 aromatic heterocycles. The summed E-state index contributed by atoms with van der Waals surface area (Å²) in [6.45, 7) is 5.96. The number of carbonyl (C=O) groups excluding carboxylic acids is 2. The van der Waals surface area contributed by atoms with E-state index in [1.165, 1.54) is 0 Å². The molecular weight excluding hydrogens is 432 g/mol. The lowest BCUT2D eigenvalue weighted by Crippen LogP contribution is -2.45. The normalized spacial score (nSPS) is 14.1. The molecule has 0 heterocycles. The number of aliphatic carboxylic acids is 1. The SMILES string of the molecule is CCC[C@@H](CC(=O)NC(CC(C)C)C(=O)O)NC(=O)OCC1c2ccccc2-c2ccccc21. The first kappa shape index (κ1) is 25.3. The average molecular weight is 467 g/mol. The summed E-state index contributed by atoms with van der Waals surface area (Å²) in [7, 11) is 0. The molecule has 0 saturated heterocycles. The fourth-order valence-electron chi connectivity index (χ4n) is 4.55. The predicted molar refractivity (Wildman–Crippen MR) is 131 cm³/mol. The summed E-state index contributed by atoms with van der Waals surface area (Å²) in [6, 6.07) is 14.9. The number of hydrogen-bond acceptors (Lipinski definition) is 4. The summed E-state index contributed by atoms with van der Waals surface area (Å²) in [5.41, 5.74) is 4.57. The molecule has 1 aliphatic carbocycles. The van der Waals surface area contributed by atoms with Crippen molar-refractivity contribution in [3.63, 3.8) is 0 Å². The molecule has 0 bridgehead atoms. The van der Waals surface area contributed by atoms with E-state index >= 15 is 0 Å². The van der Waals surface area contributed by atoms with Crippen LogP contribution in [0.5, 0.6) is 0 Å². The van der Waals surface area contributed by atoms with E-state index in [1.807, 2.05) is 45.0 Å². The van der Waals surface area contributed by atoms with Gasteiger partial charge in [0.05, 0.1) is 0 Å². The second kappa shape index (κ2) is 11.7. The fraction of sp³-hybridized carbons (Fsp3) is 0.444. The predicted octanol–water partition coefficient (Wildman–Crippen LogP) is 4.70. The Balaban J connectivity index is 1.58. The van der Waals surface area contributed by atoms with Crippen LogP contribution in [0.25, 0.3) is 11.1 Å². The molecule has 3 N–H and O–H groups in total. The zero-order chi connectivity index (χ0) is 24.7. The summed E-state index contributed by atoms with van der Waals surface area (Å²) < 4.78 is 5.59. The van der Waals surface area contributed by atoms with Gasteiger partial charge in [-0.05, 0) is 41.0 Å². The van der Waals surface area contributed by atoms with Crippen molar-refractivity contribution < 1.29 is 24.2 Å². The number of carboxylic acid groups (broad SMARTS) is 1. The lowest BCUT2D eigenvalue weighted by molar-refractivity contribution is -0.142. The van der Waals surface area contributed by atoms with E-state index in [9.17, 15) is 19.5 Å². The second-order valence-corrected chi connectivity index (χ2v) is 9.25. The van der Waals surface area contributed by atoms with Crippen molar-refractivity contribution >= 4 is 18.0 Å². The van der Waals surface area contributed by atoms with Gasteiger partial charge in [-0.15, -0.1) is 0 Å². The summed E-state index contributed by atoms with van der Waals surface area (Å²) >= 11 is 0. The van der Waals surface area contributed by atoms with Crippen molar-refractivity contribution in [3.8, 4) is 11.1 Å². The van der Waals surface area contributed by atoms with Crippen LogP contribution >= 0.6 is 0 Å². The number of nitrogens with one attached hydrogen (secondary N) is 2. The van der Waals surface area contributed by atoms with Crippen LogP contribution in [0.4, 0.5) is 4.79 Å². The van der Waals surface area contributed by atoms with Gasteiger partial charge in [-0.3, -0.25) is 4.79 Å². The highest BCUT2D eigenvalue weighted by atomic mass is 16.5. The van der Waals surface area contributed by atoms with Crippen LogP contribution in [0.3, 0.4) is 0 Å². The third-order valence-corrected chi connectivity index (χ3v) is 6.08. The quantitative estimate of drug-likeness (QED) is 0.445. The summed E-state index contributed by atoms with van der Waals surface area (Å²) in [5.74, 6) is -1.37. The molecule has 2 aromatic carbocycles. The Morgan fingerprint density at radius 3 is 2.09 bits per heavy atom. The third kappa shape index (κ3) is 6.37. The van der Waals surface area contributed by atoms with Gasteiger partial charge in [0.15, 0.2) is 0 Å². The molecule has 2 amide bonds. The highest BCUT2D eigenvalue weighted by Crippen LogP contribution is 2.44. The van der Waals surface area contributed by atoms with Crippen LogP contribution in [0, 0.1) is 5.92 Å². The molecule has 2 aromatic rings. The molecule has 7 nitrogen and oxygen atoms in total. The number of benzene rings is 2. The van der Waals surface area contributed by atoms with Crippen molar-refractivity contribution in [2.75, 3.05) is 6.61 Å². The molecule has 182 valence electrons. The summed E-state index contributed by atoms with van der Waals surface area (Å²) in [4.78, 5) is 36.5. The average Bonchev–Trinajstić information content (AvgIpc) is 3.11. The van der Waals surface area contributed by atoms with E-state index in [4.69, 9.17) is 4.74 Å². The van der Waals surface area contributed by atoms with Crippen LogP contribution in [0.1, 0.15) is 63.5 Å². The van der Waals surface area contributed by atoms with Crippen LogP contribution in [-0.2, 0) is 14.3 Å². The van der Waals surface area contributed by atoms with Gasteiger partial charge in [0.1, 0.15) is 12.6 Å². The van der Waals surface area contributed by atoms with E-state index in [2.05, 4.69) is 34.9 Å². The number of alkyl carbamates (subject to hydrolysis) is 1. The van der Waals surface area contributed by atoms with Gasteiger partial charge in [0, 0.05) is 18.4 Å². The van der Waals surface area contributed by atoms with Crippen LogP contribution in [0.15, 0.2) is 48.5 Å². The Hall–Kier alpha value is -3.35. The highest BCUT2D eigenvalue weighted by molar-refractivity contribution is 5.84. The maximum absolute atomic E-state index is 12.6. The van der Waals surface area contributed by atoms with Gasteiger partial charge in [-0.25, -0.2) is 9.59 Å². The number of rotatable bonds is 11. The summed E-state index contributed by atoms with van der Waals surface area (Å²) in [6.07, 6.45) is 1.11. The number of carbonyl (C=O) groups is 3. The lowest BCUT2D eigenvalue weighted by Gasteiger charge is -2.21. The first-order valence-electron chi connectivity index (χ1n) is 11.9. The fourth-order valence-corrected chi connectivity index (χ4v) is 4.55. The van der Waals surface area contributed by atoms with E-state index in [0.29, 0.717) is 12.8 Å². The van der Waals surface area contributed by atoms with Gasteiger partial charge in [-0.1, -0.05) is 75.7 Å². The Morgan fingerprint density at radius 1 is 0.971 bits per heavy atom. The molecular formula is C27H34N2O5. The largest absolute Gasteiger partial charge is 0.480 e. The molecule has 3 rings (SSSR count). The highest BCUT2D eigenvalue weighted by Gasteiger charge is 2.29. The van der Waals surface area contributed by atoms with E-state index in [1.54, 1.807) is 0 Å². The molecule has 0 spiro atoms. The van der Waals surface area contributed by atoms with Crippen LogP contribution in [0.2, 0.25) is 0 Å². The first-order chi connectivity index (χ1) is 16.3. The van der Waals surface area contributed by atoms with Gasteiger partial charge >= 0.3 is 12.1 Å². The minimum atomic E-state index is -1.06. The smallest absolute Gasteiger partial charge is 0.407 e. The molecule has 7 heteroatoms. The van der Waals surface area contributed by atoms with Crippen molar-refractivity contribution in [2.24, 2.45) is 5.92 Å². The Morgan fingerprint density at radius 2 is 1.56 bits per heavy atom. The van der Waals surface area contributed by atoms with Crippen molar-refractivity contribution in [2.45, 2.75) is 64.5 Å². The monoisotopic (exact) mass is 466 g/mol. The topological polar surface area (TPSA) is 105 Å². The Bertz CT molecular complexity index is 974. The molecule has 1 unspecified atom stereocenters. The molecule has 34 heavy (non-hydrogen) atoms. The Kier molecular flexibility index (Phi) is 8.68. The maximum atomic E-state index is 12.6. The zero-order valence-electron chi connectivity index (χ0n) is 20.0. The first-order valence-corrected chi connectivity index (χ1v) is 11.9. The number of amides is 2. The van der Waals surface area contributed by atoms with Gasteiger partial charge < -0.3 is 20.5 Å². The number of ether oxygens (including phenoxy) is 1. The van der Waals surface area contributed by atoms with Gasteiger partial charge in [0.25, 0.3) is 0 Å². The molecule has 2 atom stereocenters. The maximum Gasteiger partial charge on any atom is 0.407 e. The molecule has 0 aliphatic heterocycles. The Labute approximate surface area is 200 Å². The van der Waals surface area contributed by atoms with E-state index in [-0.39, 0.29) is 24.9 Å². The minimum Gasteiger partial charge on any atom is -0.480 e. The number of hydrogen-bond donors (Lipinski definition) is 3. The second-order valence-electron chi connectivity index (χ2n) is 9.25. The zero-order valence-corrected chi connectivity index (χ0v) is 20.0. The number of fused-ring (bicyclic) bond motifs is 3. The molecule has 0 saturated carbocycles. The third-order valence-electron chi connectivity index (χ3n) is 6.08.